The molecule has 36 heavy (non-hydrogen) atoms. The van der Waals surface area contributed by atoms with E-state index < -0.39 is 11.9 Å². The zero-order chi connectivity index (χ0) is 26.1. The predicted octanol–water partition coefficient (Wildman–Crippen LogP) is 6.03. The van der Waals surface area contributed by atoms with Crippen LogP contribution in [0.25, 0.3) is 0 Å². The van der Waals surface area contributed by atoms with E-state index >= 15 is 0 Å². The third-order valence-electron chi connectivity index (χ3n) is 5.12. The number of hydrogen-bond donors (Lipinski definition) is 1. The molecule has 0 saturated carbocycles. The van der Waals surface area contributed by atoms with Crippen molar-refractivity contribution >= 4 is 34.0 Å². The van der Waals surface area contributed by atoms with E-state index in [1.807, 2.05) is 32.0 Å². The Morgan fingerprint density at radius 2 is 1.75 bits per heavy atom. The zero-order valence-corrected chi connectivity index (χ0v) is 22.3. The number of nitrogens with one attached hydrogen (secondary N) is 1. The van der Waals surface area contributed by atoms with Crippen molar-refractivity contribution < 1.29 is 23.8 Å². The molecule has 0 bridgehead atoms. The standard InChI is InChI=1S/C28H29BrN2O5/c1-5-34-23-10-7-20(8-11-23)28(33)36-25-13-9-22(29)15-21(25)16-30-31-27(32)17-35-26-14-19(4)6-12-24(26)18(2)3/h6-16,18H,5,17H2,1-4H3,(H,31,32). The Kier molecular flexibility index (Phi) is 9.64. The molecule has 8 heteroatoms. The van der Waals surface area contributed by atoms with Gasteiger partial charge in [-0.3, -0.25) is 4.79 Å². The van der Waals surface area contributed by atoms with Gasteiger partial charge in [0, 0.05) is 10.0 Å². The zero-order valence-electron chi connectivity index (χ0n) is 20.7. The molecule has 0 heterocycles. The maximum Gasteiger partial charge on any atom is 0.343 e. The first-order valence-corrected chi connectivity index (χ1v) is 12.4. The lowest BCUT2D eigenvalue weighted by atomic mass is 10.0. The molecule has 1 N–H and O–H groups in total. The second-order valence-corrected chi connectivity index (χ2v) is 9.22. The molecule has 7 nitrogen and oxygen atoms in total. The minimum Gasteiger partial charge on any atom is -0.494 e. The number of ether oxygens (including phenoxy) is 3. The Hall–Kier alpha value is -3.65. The number of rotatable bonds is 10. The Bertz CT molecular complexity index is 1240. The van der Waals surface area contributed by atoms with E-state index in [0.717, 1.165) is 15.6 Å². The van der Waals surface area contributed by atoms with Crippen molar-refractivity contribution in [2.45, 2.75) is 33.6 Å². The molecule has 0 fully saturated rings. The van der Waals surface area contributed by atoms with Crippen LogP contribution >= 0.6 is 15.9 Å². The van der Waals surface area contributed by atoms with Gasteiger partial charge in [0.15, 0.2) is 6.61 Å². The second-order valence-electron chi connectivity index (χ2n) is 8.31. The number of carbonyl (C=O) groups excluding carboxylic acids is 2. The largest absolute Gasteiger partial charge is 0.494 e. The van der Waals surface area contributed by atoms with Gasteiger partial charge in [-0.15, -0.1) is 0 Å². The average molecular weight is 553 g/mol. The lowest BCUT2D eigenvalue weighted by molar-refractivity contribution is -0.123. The highest BCUT2D eigenvalue weighted by Gasteiger charge is 2.13. The average Bonchev–Trinajstić information content (AvgIpc) is 2.84. The van der Waals surface area contributed by atoms with Crippen LogP contribution in [0.1, 0.15) is 53.7 Å². The summed E-state index contributed by atoms with van der Waals surface area (Å²) in [5.41, 5.74) is 5.42. The van der Waals surface area contributed by atoms with E-state index in [1.54, 1.807) is 42.5 Å². The van der Waals surface area contributed by atoms with Crippen molar-refractivity contribution in [1.29, 1.82) is 0 Å². The Morgan fingerprint density at radius 1 is 1.00 bits per heavy atom. The molecule has 0 aliphatic carbocycles. The number of carbonyl (C=O) groups is 2. The molecule has 0 saturated heterocycles. The van der Waals surface area contributed by atoms with E-state index in [1.165, 1.54) is 6.21 Å². The molecule has 0 atom stereocenters. The third-order valence-corrected chi connectivity index (χ3v) is 5.61. The highest BCUT2D eigenvalue weighted by atomic mass is 79.9. The summed E-state index contributed by atoms with van der Waals surface area (Å²) in [6, 6.07) is 17.8. The van der Waals surface area contributed by atoms with Crippen LogP contribution in [0.4, 0.5) is 0 Å². The van der Waals surface area contributed by atoms with Gasteiger partial charge in [0.05, 0.1) is 18.4 Å². The summed E-state index contributed by atoms with van der Waals surface area (Å²) in [4.78, 5) is 24.9. The molecule has 1 amide bonds. The molecule has 3 aromatic rings. The summed E-state index contributed by atoms with van der Waals surface area (Å²) in [7, 11) is 0. The van der Waals surface area contributed by atoms with Crippen molar-refractivity contribution in [1.82, 2.24) is 5.43 Å². The van der Waals surface area contributed by atoms with Crippen LogP contribution in [0.15, 0.2) is 70.2 Å². The molecule has 188 valence electrons. The van der Waals surface area contributed by atoms with E-state index in [-0.39, 0.29) is 12.5 Å². The van der Waals surface area contributed by atoms with Gasteiger partial charge in [-0.1, -0.05) is 41.9 Å². The topological polar surface area (TPSA) is 86.2 Å². The Balaban J connectivity index is 1.63. The predicted molar refractivity (Wildman–Crippen MR) is 143 cm³/mol. The van der Waals surface area contributed by atoms with Gasteiger partial charge in [-0.25, -0.2) is 10.2 Å². The van der Waals surface area contributed by atoms with E-state index in [0.29, 0.717) is 35.0 Å². The molecular formula is C28H29BrN2O5. The number of amides is 1. The highest BCUT2D eigenvalue weighted by molar-refractivity contribution is 9.10. The number of hydrogen-bond acceptors (Lipinski definition) is 6. The molecule has 0 aliphatic rings. The van der Waals surface area contributed by atoms with Gasteiger partial charge >= 0.3 is 5.97 Å². The summed E-state index contributed by atoms with van der Waals surface area (Å²) < 4.78 is 17.5. The van der Waals surface area contributed by atoms with Crippen LogP contribution in [0, 0.1) is 6.92 Å². The first-order valence-electron chi connectivity index (χ1n) is 11.6. The van der Waals surface area contributed by atoms with Crippen molar-refractivity contribution in [2.24, 2.45) is 5.10 Å². The van der Waals surface area contributed by atoms with Gasteiger partial charge in [-0.2, -0.15) is 5.10 Å². The van der Waals surface area contributed by atoms with Crippen molar-refractivity contribution in [3.63, 3.8) is 0 Å². The number of halogens is 1. The monoisotopic (exact) mass is 552 g/mol. The van der Waals surface area contributed by atoms with Crippen LogP contribution in [0.3, 0.4) is 0 Å². The lowest BCUT2D eigenvalue weighted by Gasteiger charge is -2.14. The number of esters is 1. The fourth-order valence-corrected chi connectivity index (χ4v) is 3.70. The first-order chi connectivity index (χ1) is 17.3. The number of benzene rings is 3. The van der Waals surface area contributed by atoms with Crippen molar-refractivity contribution in [2.75, 3.05) is 13.2 Å². The van der Waals surface area contributed by atoms with Crippen molar-refractivity contribution in [3.8, 4) is 17.2 Å². The van der Waals surface area contributed by atoms with Crippen molar-refractivity contribution in [3.05, 3.63) is 87.4 Å². The summed E-state index contributed by atoms with van der Waals surface area (Å²) in [6.07, 6.45) is 1.41. The Labute approximate surface area is 219 Å². The molecular weight excluding hydrogens is 524 g/mol. The first kappa shape index (κ1) is 26.9. The SMILES string of the molecule is CCOc1ccc(C(=O)Oc2ccc(Br)cc2C=NNC(=O)COc2cc(C)ccc2C(C)C)cc1. The third kappa shape index (κ3) is 7.68. The van der Waals surface area contributed by atoms with Gasteiger partial charge in [-0.05, 0) is 79.4 Å². The summed E-state index contributed by atoms with van der Waals surface area (Å²) in [5, 5.41) is 4.01. The fourth-order valence-electron chi connectivity index (χ4n) is 3.32. The minimum atomic E-state index is -0.522. The van der Waals surface area contributed by atoms with E-state index in [2.05, 4.69) is 40.3 Å². The van der Waals surface area contributed by atoms with Crippen LogP contribution in [-0.4, -0.2) is 31.3 Å². The number of hydrazone groups is 1. The van der Waals surface area contributed by atoms with Crippen LogP contribution in [0.2, 0.25) is 0 Å². The van der Waals surface area contributed by atoms with Gasteiger partial charge in [0.25, 0.3) is 5.91 Å². The molecule has 3 rings (SSSR count). The molecule has 0 unspecified atom stereocenters. The second kappa shape index (κ2) is 12.9. The molecule has 0 aromatic heterocycles. The molecule has 0 aliphatic heterocycles. The van der Waals surface area contributed by atoms with Crippen LogP contribution in [0.5, 0.6) is 17.2 Å². The van der Waals surface area contributed by atoms with Gasteiger partial charge in [0.2, 0.25) is 0 Å². The molecule has 0 radical (unpaired) electrons. The maximum atomic E-state index is 12.6. The molecule has 3 aromatic carbocycles. The van der Waals surface area contributed by atoms with Gasteiger partial charge < -0.3 is 14.2 Å². The summed E-state index contributed by atoms with van der Waals surface area (Å²) in [6.45, 7) is 8.36. The minimum absolute atomic E-state index is 0.182. The molecule has 0 spiro atoms. The quantitative estimate of drug-likeness (QED) is 0.144. The Morgan fingerprint density at radius 3 is 2.44 bits per heavy atom. The van der Waals surface area contributed by atoms with Crippen LogP contribution < -0.4 is 19.6 Å². The summed E-state index contributed by atoms with van der Waals surface area (Å²) in [5.74, 6) is 0.985. The highest BCUT2D eigenvalue weighted by Crippen LogP contribution is 2.27. The summed E-state index contributed by atoms with van der Waals surface area (Å²) >= 11 is 3.40. The van der Waals surface area contributed by atoms with Gasteiger partial charge in [0.1, 0.15) is 17.2 Å². The van der Waals surface area contributed by atoms with Crippen LogP contribution in [-0.2, 0) is 4.79 Å². The fraction of sp³-hybridized carbons (Fsp3) is 0.250. The number of aryl methyl sites for hydroxylation is 1. The lowest BCUT2D eigenvalue weighted by Crippen LogP contribution is -2.25. The normalized spacial score (nSPS) is 10.9. The van der Waals surface area contributed by atoms with E-state index in [4.69, 9.17) is 14.2 Å². The maximum absolute atomic E-state index is 12.6. The smallest absolute Gasteiger partial charge is 0.343 e. The number of nitrogens with zero attached hydrogens (tertiary/aromatic N) is 1. The van der Waals surface area contributed by atoms with E-state index in [9.17, 15) is 9.59 Å².